The number of carbonyl (C=O) groups is 1. The van der Waals surface area contributed by atoms with E-state index >= 15 is 0 Å². The van der Waals surface area contributed by atoms with E-state index in [1.54, 1.807) is 18.6 Å². The van der Waals surface area contributed by atoms with Gasteiger partial charge in [-0.3, -0.25) is 14.8 Å². The van der Waals surface area contributed by atoms with E-state index in [4.69, 9.17) is 0 Å². The maximum atomic E-state index is 12.1. The first-order valence-electron chi connectivity index (χ1n) is 6.76. The van der Waals surface area contributed by atoms with Crippen LogP contribution in [0.4, 0.5) is 0 Å². The van der Waals surface area contributed by atoms with E-state index in [0.29, 0.717) is 18.3 Å². The molecule has 0 aromatic carbocycles. The summed E-state index contributed by atoms with van der Waals surface area (Å²) in [6, 6.07) is 0. The minimum absolute atomic E-state index is 0.278. The number of aryl methyl sites for hydroxylation is 1. The Morgan fingerprint density at radius 1 is 1.56 bits per heavy atom. The zero-order valence-corrected chi connectivity index (χ0v) is 10.8. The van der Waals surface area contributed by atoms with Crippen molar-refractivity contribution in [2.75, 3.05) is 13.1 Å². The summed E-state index contributed by atoms with van der Waals surface area (Å²) in [4.78, 5) is 22.4. The second-order valence-corrected chi connectivity index (χ2v) is 5.59. The van der Waals surface area contributed by atoms with Crippen LogP contribution in [-0.2, 0) is 11.2 Å². The molecule has 0 radical (unpaired) electrons. The van der Waals surface area contributed by atoms with Crippen molar-refractivity contribution in [1.82, 2.24) is 14.9 Å². The molecular formula is C14H19N3O. The number of aromatic nitrogens is 2. The number of likely N-dealkylation sites (tertiary alicyclic amines) is 1. The van der Waals surface area contributed by atoms with E-state index < -0.39 is 0 Å². The van der Waals surface area contributed by atoms with Gasteiger partial charge in [-0.25, -0.2) is 0 Å². The van der Waals surface area contributed by atoms with Gasteiger partial charge in [-0.2, -0.15) is 0 Å². The Labute approximate surface area is 107 Å². The molecule has 2 atom stereocenters. The normalized spacial score (nSPS) is 29.2. The third-order valence-corrected chi connectivity index (χ3v) is 4.57. The summed E-state index contributed by atoms with van der Waals surface area (Å²) in [7, 11) is 0. The van der Waals surface area contributed by atoms with Crippen LogP contribution in [0, 0.1) is 11.3 Å². The lowest BCUT2D eigenvalue weighted by Gasteiger charge is -2.20. The monoisotopic (exact) mass is 245 g/mol. The van der Waals surface area contributed by atoms with Crippen molar-refractivity contribution in [3.05, 3.63) is 24.3 Å². The maximum absolute atomic E-state index is 12.1. The van der Waals surface area contributed by atoms with Crippen LogP contribution < -0.4 is 0 Å². The number of nitrogens with zero attached hydrogens (tertiary/aromatic N) is 3. The van der Waals surface area contributed by atoms with E-state index in [-0.39, 0.29) is 5.91 Å². The molecule has 1 aliphatic heterocycles. The van der Waals surface area contributed by atoms with Crippen LogP contribution in [0.25, 0.3) is 0 Å². The predicted octanol–water partition coefficient (Wildman–Crippen LogP) is 1.67. The molecule has 1 saturated heterocycles. The lowest BCUT2D eigenvalue weighted by atomic mass is 10.0. The summed E-state index contributed by atoms with van der Waals surface area (Å²) >= 11 is 0. The maximum Gasteiger partial charge on any atom is 0.222 e. The van der Waals surface area contributed by atoms with Gasteiger partial charge in [0.2, 0.25) is 5.91 Å². The number of fused-ring (bicyclic) bond motifs is 1. The van der Waals surface area contributed by atoms with Crippen LogP contribution in [0.15, 0.2) is 18.6 Å². The Bertz CT molecular complexity index is 444. The fourth-order valence-electron chi connectivity index (χ4n) is 3.18. The number of piperidine rings is 1. The average Bonchev–Trinajstić information content (AvgIpc) is 2.99. The van der Waals surface area contributed by atoms with Gasteiger partial charge in [0, 0.05) is 38.1 Å². The van der Waals surface area contributed by atoms with Crippen LogP contribution >= 0.6 is 0 Å². The molecule has 18 heavy (non-hydrogen) atoms. The lowest BCUT2D eigenvalue weighted by Crippen LogP contribution is -2.32. The molecule has 2 unspecified atom stereocenters. The second kappa shape index (κ2) is 4.34. The van der Waals surface area contributed by atoms with Crippen molar-refractivity contribution in [2.24, 2.45) is 11.3 Å². The molecule has 2 heterocycles. The number of rotatable bonds is 4. The first-order valence-corrected chi connectivity index (χ1v) is 6.76. The summed E-state index contributed by atoms with van der Waals surface area (Å²) < 4.78 is 0. The highest BCUT2D eigenvalue weighted by Crippen LogP contribution is 2.59. The molecule has 1 saturated carbocycles. The number of amides is 1. The molecule has 0 bridgehead atoms. The van der Waals surface area contributed by atoms with E-state index in [0.717, 1.165) is 24.7 Å². The van der Waals surface area contributed by atoms with Gasteiger partial charge in [-0.05, 0) is 30.6 Å². The molecule has 0 spiro atoms. The van der Waals surface area contributed by atoms with Crippen molar-refractivity contribution in [3.8, 4) is 0 Å². The molecule has 2 aliphatic rings. The van der Waals surface area contributed by atoms with Crippen molar-refractivity contribution in [2.45, 2.75) is 32.6 Å². The average molecular weight is 245 g/mol. The van der Waals surface area contributed by atoms with Crippen LogP contribution in [0.5, 0.6) is 0 Å². The Morgan fingerprint density at radius 2 is 2.44 bits per heavy atom. The summed E-state index contributed by atoms with van der Waals surface area (Å²) in [5, 5.41) is 0. The van der Waals surface area contributed by atoms with Crippen molar-refractivity contribution < 1.29 is 4.79 Å². The highest BCUT2D eigenvalue weighted by Gasteiger charge is 2.59. The van der Waals surface area contributed by atoms with Gasteiger partial charge in [0.25, 0.3) is 0 Å². The fraction of sp³-hybridized carbons (Fsp3) is 0.643. The van der Waals surface area contributed by atoms with E-state index in [9.17, 15) is 4.79 Å². The number of carbonyl (C=O) groups excluding carboxylic acids is 1. The smallest absolute Gasteiger partial charge is 0.222 e. The Kier molecular flexibility index (Phi) is 2.80. The van der Waals surface area contributed by atoms with Crippen LogP contribution in [0.2, 0.25) is 0 Å². The van der Waals surface area contributed by atoms with Gasteiger partial charge >= 0.3 is 0 Å². The topological polar surface area (TPSA) is 46.1 Å². The minimum Gasteiger partial charge on any atom is -0.342 e. The van der Waals surface area contributed by atoms with Crippen molar-refractivity contribution >= 4 is 5.91 Å². The Hall–Kier alpha value is -1.45. The van der Waals surface area contributed by atoms with Crippen molar-refractivity contribution in [3.63, 3.8) is 0 Å². The molecule has 4 nitrogen and oxygen atoms in total. The minimum atomic E-state index is 0.278. The lowest BCUT2D eigenvalue weighted by molar-refractivity contribution is -0.130. The van der Waals surface area contributed by atoms with Gasteiger partial charge in [-0.1, -0.05) is 6.92 Å². The molecule has 4 heteroatoms. The van der Waals surface area contributed by atoms with E-state index in [1.165, 1.54) is 12.8 Å². The first kappa shape index (κ1) is 11.6. The first-order chi connectivity index (χ1) is 8.73. The zero-order valence-electron chi connectivity index (χ0n) is 10.8. The molecule has 96 valence electrons. The molecule has 2 fully saturated rings. The molecule has 3 rings (SSSR count). The number of hydrogen-bond acceptors (Lipinski definition) is 3. The highest BCUT2D eigenvalue weighted by atomic mass is 16.2. The van der Waals surface area contributed by atoms with Gasteiger partial charge in [-0.15, -0.1) is 0 Å². The summed E-state index contributed by atoms with van der Waals surface area (Å²) in [5.74, 6) is 1.06. The molecule has 1 aromatic heterocycles. The second-order valence-electron chi connectivity index (χ2n) is 5.59. The summed E-state index contributed by atoms with van der Waals surface area (Å²) in [6.45, 7) is 4.20. The Morgan fingerprint density at radius 3 is 3.11 bits per heavy atom. The van der Waals surface area contributed by atoms with Crippen LogP contribution in [0.1, 0.15) is 31.9 Å². The predicted molar refractivity (Wildman–Crippen MR) is 67.8 cm³/mol. The third kappa shape index (κ3) is 2.00. The standard InChI is InChI=1S/C14H19N3O/c1-2-14-7-11(14)9-17(10-14)13(18)4-3-12-8-15-5-6-16-12/h5-6,8,11H,2-4,7,9-10H2,1H3. The van der Waals surface area contributed by atoms with Crippen LogP contribution in [0.3, 0.4) is 0 Å². The van der Waals surface area contributed by atoms with E-state index in [2.05, 4.69) is 16.9 Å². The third-order valence-electron chi connectivity index (χ3n) is 4.57. The largest absolute Gasteiger partial charge is 0.342 e. The quantitative estimate of drug-likeness (QED) is 0.810. The van der Waals surface area contributed by atoms with Gasteiger partial charge in [0.15, 0.2) is 0 Å². The molecule has 1 amide bonds. The molecular weight excluding hydrogens is 226 g/mol. The van der Waals surface area contributed by atoms with Gasteiger partial charge in [0.05, 0.1) is 5.69 Å². The SMILES string of the molecule is CCC12CC1CN(C(=O)CCc1cnccn1)C2. The summed E-state index contributed by atoms with van der Waals surface area (Å²) in [5.41, 5.74) is 1.39. The fourth-order valence-corrected chi connectivity index (χ4v) is 3.18. The van der Waals surface area contributed by atoms with Gasteiger partial charge < -0.3 is 4.90 Å². The molecule has 1 aromatic rings. The Balaban J connectivity index is 1.51. The zero-order chi connectivity index (χ0) is 12.6. The van der Waals surface area contributed by atoms with Crippen molar-refractivity contribution in [1.29, 1.82) is 0 Å². The molecule has 1 aliphatic carbocycles. The highest BCUT2D eigenvalue weighted by molar-refractivity contribution is 5.77. The number of hydrogen-bond donors (Lipinski definition) is 0. The summed E-state index contributed by atoms with van der Waals surface area (Å²) in [6.07, 6.45) is 8.88. The van der Waals surface area contributed by atoms with Gasteiger partial charge in [0.1, 0.15) is 0 Å². The van der Waals surface area contributed by atoms with E-state index in [1.807, 2.05) is 4.90 Å². The van der Waals surface area contributed by atoms with Crippen LogP contribution in [-0.4, -0.2) is 33.9 Å². The molecule has 0 N–H and O–H groups in total.